The zero-order valence-electron chi connectivity index (χ0n) is 19.7. The van der Waals surface area contributed by atoms with Crippen molar-refractivity contribution in [3.05, 3.63) is 72.6 Å². The number of amides is 1. The van der Waals surface area contributed by atoms with Gasteiger partial charge in [0.2, 0.25) is 5.91 Å². The van der Waals surface area contributed by atoms with Crippen molar-refractivity contribution in [2.45, 2.75) is 39.2 Å². The number of aromatic nitrogens is 2. The van der Waals surface area contributed by atoms with E-state index in [4.69, 9.17) is 9.47 Å². The Bertz CT molecular complexity index is 1040. The standard InChI is InChI=1S/C27H32N4O3/c1-2-3-19-33-23-11-9-21(10-12-23)20-30-26(32)22-13-17-31(18-14-22)25-27(29-16-15-28-25)34-24-7-5-4-6-8-24/h4-12,15-16,22H,2-3,13-14,17-20H2,1H3,(H,30,32). The van der Waals surface area contributed by atoms with Crippen molar-refractivity contribution in [2.75, 3.05) is 24.6 Å². The number of piperidine rings is 1. The van der Waals surface area contributed by atoms with Crippen molar-refractivity contribution in [3.63, 3.8) is 0 Å². The Labute approximate surface area is 201 Å². The van der Waals surface area contributed by atoms with Crippen molar-refractivity contribution < 1.29 is 14.3 Å². The predicted molar refractivity (Wildman–Crippen MR) is 132 cm³/mol. The van der Waals surface area contributed by atoms with E-state index in [1.165, 1.54) is 0 Å². The van der Waals surface area contributed by atoms with Gasteiger partial charge in [-0.05, 0) is 49.1 Å². The largest absolute Gasteiger partial charge is 0.494 e. The molecule has 1 saturated heterocycles. The molecule has 0 spiro atoms. The minimum absolute atomic E-state index is 0.0111. The lowest BCUT2D eigenvalue weighted by atomic mass is 9.96. The second kappa shape index (κ2) is 12.0. The van der Waals surface area contributed by atoms with Crippen LogP contribution in [0.1, 0.15) is 38.2 Å². The van der Waals surface area contributed by atoms with Crippen LogP contribution in [0.4, 0.5) is 5.82 Å². The number of nitrogens with zero attached hydrogens (tertiary/aromatic N) is 3. The number of benzene rings is 2. The van der Waals surface area contributed by atoms with Gasteiger partial charge in [0.15, 0.2) is 5.82 Å². The minimum Gasteiger partial charge on any atom is -0.494 e. The molecule has 34 heavy (non-hydrogen) atoms. The molecule has 0 atom stereocenters. The molecule has 1 amide bonds. The molecule has 0 saturated carbocycles. The maximum absolute atomic E-state index is 12.8. The third kappa shape index (κ3) is 6.47. The molecule has 3 aromatic rings. The number of rotatable bonds is 10. The second-order valence-corrected chi connectivity index (χ2v) is 8.43. The number of para-hydroxylation sites is 1. The quantitative estimate of drug-likeness (QED) is 0.430. The molecule has 0 radical (unpaired) electrons. The highest BCUT2D eigenvalue weighted by atomic mass is 16.5. The molecule has 7 heteroatoms. The smallest absolute Gasteiger partial charge is 0.263 e. The fourth-order valence-electron chi connectivity index (χ4n) is 3.93. The van der Waals surface area contributed by atoms with Gasteiger partial charge in [-0.25, -0.2) is 9.97 Å². The van der Waals surface area contributed by atoms with Gasteiger partial charge in [-0.2, -0.15) is 0 Å². The van der Waals surface area contributed by atoms with E-state index in [9.17, 15) is 4.79 Å². The van der Waals surface area contributed by atoms with Gasteiger partial charge in [-0.1, -0.05) is 43.7 Å². The van der Waals surface area contributed by atoms with Crippen LogP contribution in [0.2, 0.25) is 0 Å². The zero-order valence-corrected chi connectivity index (χ0v) is 19.7. The van der Waals surface area contributed by atoms with Crippen molar-refractivity contribution in [2.24, 2.45) is 5.92 Å². The minimum atomic E-state index is -0.0111. The number of anilines is 1. The molecular formula is C27H32N4O3. The van der Waals surface area contributed by atoms with Crippen LogP contribution in [0.3, 0.4) is 0 Å². The van der Waals surface area contributed by atoms with E-state index >= 15 is 0 Å². The topological polar surface area (TPSA) is 76.6 Å². The number of unbranched alkanes of at least 4 members (excludes halogenated alkanes) is 1. The Kier molecular flexibility index (Phi) is 8.32. The Morgan fingerprint density at radius 1 is 1.00 bits per heavy atom. The highest BCUT2D eigenvalue weighted by Crippen LogP contribution is 2.30. The molecule has 2 heterocycles. The van der Waals surface area contributed by atoms with Gasteiger partial charge >= 0.3 is 0 Å². The number of ether oxygens (including phenoxy) is 2. The highest BCUT2D eigenvalue weighted by Gasteiger charge is 2.27. The highest BCUT2D eigenvalue weighted by molar-refractivity contribution is 5.79. The van der Waals surface area contributed by atoms with Crippen LogP contribution in [0.15, 0.2) is 67.0 Å². The third-order valence-corrected chi connectivity index (χ3v) is 5.93. The molecule has 1 N–H and O–H groups in total. The van der Waals surface area contributed by atoms with E-state index in [2.05, 4.69) is 27.1 Å². The van der Waals surface area contributed by atoms with Gasteiger partial charge in [-0.15, -0.1) is 0 Å². The molecule has 4 rings (SSSR count). The molecule has 7 nitrogen and oxygen atoms in total. The molecule has 178 valence electrons. The Hall–Kier alpha value is -3.61. The Morgan fingerprint density at radius 2 is 1.74 bits per heavy atom. The number of hydrogen-bond acceptors (Lipinski definition) is 6. The number of carbonyl (C=O) groups excluding carboxylic acids is 1. The first kappa shape index (κ1) is 23.5. The maximum Gasteiger partial charge on any atom is 0.263 e. The lowest BCUT2D eigenvalue weighted by Crippen LogP contribution is -2.40. The van der Waals surface area contributed by atoms with E-state index < -0.39 is 0 Å². The fraction of sp³-hybridized carbons (Fsp3) is 0.370. The van der Waals surface area contributed by atoms with Gasteiger partial charge in [0.25, 0.3) is 5.88 Å². The summed E-state index contributed by atoms with van der Waals surface area (Å²) in [5.41, 5.74) is 1.07. The summed E-state index contributed by atoms with van der Waals surface area (Å²) in [5, 5.41) is 3.09. The molecule has 1 aliphatic rings. The van der Waals surface area contributed by atoms with Crippen LogP contribution in [0, 0.1) is 5.92 Å². The van der Waals surface area contributed by atoms with E-state index in [1.54, 1.807) is 12.4 Å². The molecule has 1 aliphatic heterocycles. The molecule has 1 aromatic heterocycles. The van der Waals surface area contributed by atoms with Gasteiger partial charge in [-0.3, -0.25) is 4.79 Å². The van der Waals surface area contributed by atoms with E-state index in [1.807, 2.05) is 54.6 Å². The Morgan fingerprint density at radius 3 is 2.47 bits per heavy atom. The van der Waals surface area contributed by atoms with E-state index in [-0.39, 0.29) is 11.8 Å². The zero-order chi connectivity index (χ0) is 23.6. The van der Waals surface area contributed by atoms with E-state index in [0.29, 0.717) is 18.2 Å². The first-order valence-corrected chi connectivity index (χ1v) is 12.0. The summed E-state index contributed by atoms with van der Waals surface area (Å²) in [4.78, 5) is 23.8. The average molecular weight is 461 g/mol. The number of carbonyl (C=O) groups is 1. The molecule has 2 aromatic carbocycles. The third-order valence-electron chi connectivity index (χ3n) is 5.93. The van der Waals surface area contributed by atoms with Crippen LogP contribution in [0.25, 0.3) is 0 Å². The van der Waals surface area contributed by atoms with E-state index in [0.717, 1.165) is 62.4 Å². The summed E-state index contributed by atoms with van der Waals surface area (Å²) < 4.78 is 11.7. The first-order valence-electron chi connectivity index (χ1n) is 12.0. The molecule has 1 fully saturated rings. The SMILES string of the molecule is CCCCOc1ccc(CNC(=O)C2CCN(c3nccnc3Oc3ccccc3)CC2)cc1. The van der Waals surface area contributed by atoms with Crippen LogP contribution in [-0.4, -0.2) is 35.6 Å². The monoisotopic (exact) mass is 460 g/mol. The lowest BCUT2D eigenvalue weighted by molar-refractivity contribution is -0.125. The number of hydrogen-bond donors (Lipinski definition) is 1. The van der Waals surface area contributed by atoms with Crippen LogP contribution in [0.5, 0.6) is 17.4 Å². The molecule has 0 unspecified atom stereocenters. The van der Waals surface area contributed by atoms with Gasteiger partial charge in [0, 0.05) is 37.9 Å². The van der Waals surface area contributed by atoms with Crippen LogP contribution in [-0.2, 0) is 11.3 Å². The summed E-state index contributed by atoms with van der Waals surface area (Å²) >= 11 is 0. The maximum atomic E-state index is 12.8. The Balaban J connectivity index is 1.26. The van der Waals surface area contributed by atoms with Crippen molar-refractivity contribution in [1.29, 1.82) is 0 Å². The van der Waals surface area contributed by atoms with Crippen molar-refractivity contribution in [1.82, 2.24) is 15.3 Å². The lowest BCUT2D eigenvalue weighted by Gasteiger charge is -2.32. The van der Waals surface area contributed by atoms with Crippen molar-refractivity contribution >= 4 is 11.7 Å². The van der Waals surface area contributed by atoms with Crippen LogP contribution >= 0.6 is 0 Å². The second-order valence-electron chi connectivity index (χ2n) is 8.43. The average Bonchev–Trinajstić information content (AvgIpc) is 2.89. The van der Waals surface area contributed by atoms with Crippen LogP contribution < -0.4 is 19.7 Å². The summed E-state index contributed by atoms with van der Waals surface area (Å²) in [5.74, 6) is 2.88. The first-order chi connectivity index (χ1) is 16.7. The molecule has 0 aliphatic carbocycles. The summed E-state index contributed by atoms with van der Waals surface area (Å²) in [6, 6.07) is 17.5. The summed E-state index contributed by atoms with van der Waals surface area (Å²) in [6.45, 7) is 4.86. The van der Waals surface area contributed by atoms with Gasteiger partial charge in [0.05, 0.1) is 6.61 Å². The molecular weight excluding hydrogens is 428 g/mol. The van der Waals surface area contributed by atoms with Gasteiger partial charge in [0.1, 0.15) is 11.5 Å². The fourth-order valence-corrected chi connectivity index (χ4v) is 3.93. The predicted octanol–water partition coefficient (Wildman–Crippen LogP) is 4.98. The number of nitrogens with one attached hydrogen (secondary N) is 1. The summed E-state index contributed by atoms with van der Waals surface area (Å²) in [7, 11) is 0. The van der Waals surface area contributed by atoms with Crippen molar-refractivity contribution in [3.8, 4) is 17.4 Å². The normalized spacial score (nSPS) is 14.0. The van der Waals surface area contributed by atoms with Gasteiger partial charge < -0.3 is 19.7 Å². The summed E-state index contributed by atoms with van der Waals surface area (Å²) in [6.07, 6.45) is 6.99. The molecule has 0 bridgehead atoms.